The van der Waals surface area contributed by atoms with Crippen LogP contribution in [0.2, 0.25) is 5.02 Å². The van der Waals surface area contributed by atoms with Crippen LogP contribution in [0.5, 0.6) is 5.75 Å². The molecule has 2 N–H and O–H groups in total. The van der Waals surface area contributed by atoms with Crippen molar-refractivity contribution in [3.63, 3.8) is 0 Å². The predicted molar refractivity (Wildman–Crippen MR) is 120 cm³/mol. The smallest absolute Gasteiger partial charge is 0.265 e. The molecule has 0 bridgehead atoms. The number of carbonyl (C=O) groups is 2. The Morgan fingerprint density at radius 2 is 1.57 bits per heavy atom. The van der Waals surface area contributed by atoms with Gasteiger partial charge in [0.05, 0.1) is 0 Å². The van der Waals surface area contributed by atoms with Gasteiger partial charge in [-0.1, -0.05) is 23.7 Å². The number of benzene rings is 3. The Balaban J connectivity index is 1.59. The molecule has 1 atom stereocenters. The van der Waals surface area contributed by atoms with Gasteiger partial charge in [-0.15, -0.1) is 0 Å². The van der Waals surface area contributed by atoms with Crippen LogP contribution in [0.4, 0.5) is 11.4 Å². The summed E-state index contributed by atoms with van der Waals surface area (Å²) in [5.74, 6) is 0.0134. The molecule has 0 fully saturated rings. The molecule has 154 valence electrons. The van der Waals surface area contributed by atoms with Crippen LogP contribution in [0.25, 0.3) is 0 Å². The van der Waals surface area contributed by atoms with Gasteiger partial charge in [0.2, 0.25) is 0 Å². The molecule has 0 aliphatic heterocycles. The Morgan fingerprint density at radius 3 is 2.23 bits per heavy atom. The van der Waals surface area contributed by atoms with E-state index in [1.807, 2.05) is 32.0 Å². The van der Waals surface area contributed by atoms with Crippen LogP contribution >= 0.6 is 11.6 Å². The lowest BCUT2D eigenvalue weighted by Gasteiger charge is -2.16. The lowest BCUT2D eigenvalue weighted by molar-refractivity contribution is -0.122. The maximum Gasteiger partial charge on any atom is 0.265 e. The van der Waals surface area contributed by atoms with Crippen LogP contribution in [0.15, 0.2) is 66.7 Å². The average molecular weight is 423 g/mol. The zero-order chi connectivity index (χ0) is 21.7. The number of nitrogens with one attached hydrogen (secondary N) is 2. The topological polar surface area (TPSA) is 67.4 Å². The maximum atomic E-state index is 12.5. The normalized spacial score (nSPS) is 11.5. The third-order valence-corrected chi connectivity index (χ3v) is 4.80. The molecule has 0 saturated heterocycles. The number of anilines is 2. The van der Waals surface area contributed by atoms with Crippen molar-refractivity contribution >= 4 is 34.8 Å². The molecule has 0 saturated carbocycles. The van der Waals surface area contributed by atoms with Crippen molar-refractivity contribution in [3.8, 4) is 5.75 Å². The average Bonchev–Trinajstić information content (AvgIpc) is 2.72. The first-order chi connectivity index (χ1) is 14.3. The molecule has 3 rings (SSSR count). The molecule has 6 heteroatoms. The molecule has 30 heavy (non-hydrogen) atoms. The van der Waals surface area contributed by atoms with Crippen molar-refractivity contribution < 1.29 is 14.3 Å². The monoisotopic (exact) mass is 422 g/mol. The van der Waals surface area contributed by atoms with Crippen LogP contribution in [-0.4, -0.2) is 17.9 Å². The summed E-state index contributed by atoms with van der Waals surface area (Å²) in [5, 5.41) is 6.29. The number of halogens is 1. The second-order valence-electron chi connectivity index (χ2n) is 7.05. The summed E-state index contributed by atoms with van der Waals surface area (Å²) in [6.07, 6.45) is -0.696. The minimum Gasteiger partial charge on any atom is -0.481 e. The molecule has 5 nitrogen and oxygen atoms in total. The number of ether oxygens (including phenoxy) is 1. The summed E-state index contributed by atoms with van der Waals surface area (Å²) < 4.78 is 5.73. The van der Waals surface area contributed by atoms with Crippen LogP contribution in [-0.2, 0) is 4.79 Å². The van der Waals surface area contributed by atoms with Crippen molar-refractivity contribution in [2.45, 2.75) is 26.9 Å². The predicted octanol–water partition coefficient (Wildman–Crippen LogP) is 5.62. The molecule has 0 heterocycles. The Labute approximate surface area is 181 Å². The van der Waals surface area contributed by atoms with E-state index in [1.54, 1.807) is 55.5 Å². The lowest BCUT2D eigenvalue weighted by Crippen LogP contribution is -2.30. The minimum atomic E-state index is -0.696. The summed E-state index contributed by atoms with van der Waals surface area (Å²) in [7, 11) is 0. The van der Waals surface area contributed by atoms with Crippen LogP contribution in [0.1, 0.15) is 28.4 Å². The van der Waals surface area contributed by atoms with Crippen molar-refractivity contribution in [2.75, 3.05) is 10.6 Å². The van der Waals surface area contributed by atoms with E-state index in [4.69, 9.17) is 16.3 Å². The third-order valence-electron chi connectivity index (χ3n) is 4.55. The Morgan fingerprint density at radius 1 is 0.900 bits per heavy atom. The number of rotatable bonds is 6. The van der Waals surface area contributed by atoms with Crippen molar-refractivity contribution in [1.29, 1.82) is 0 Å². The summed E-state index contributed by atoms with van der Waals surface area (Å²) in [6, 6.07) is 19.4. The van der Waals surface area contributed by atoms with Crippen LogP contribution in [0.3, 0.4) is 0 Å². The fourth-order valence-corrected chi connectivity index (χ4v) is 2.91. The van der Waals surface area contributed by atoms with Crippen molar-refractivity contribution in [3.05, 3.63) is 88.4 Å². The molecule has 0 spiro atoms. The van der Waals surface area contributed by atoms with Gasteiger partial charge in [0.15, 0.2) is 6.10 Å². The SMILES string of the molecule is Cc1ccc(C)c(NC(=O)[C@@H](C)Oc2ccc(C(=O)Nc3ccc(Cl)cc3)cc2)c1. The number of carbonyl (C=O) groups excluding carboxylic acids is 2. The van der Waals surface area contributed by atoms with E-state index in [1.165, 1.54) is 0 Å². The fraction of sp³-hybridized carbons (Fsp3) is 0.167. The summed E-state index contributed by atoms with van der Waals surface area (Å²) >= 11 is 5.85. The van der Waals surface area contributed by atoms with Crippen LogP contribution < -0.4 is 15.4 Å². The molecular weight excluding hydrogens is 400 g/mol. The molecule has 3 aromatic rings. The summed E-state index contributed by atoms with van der Waals surface area (Å²) in [4.78, 5) is 24.8. The number of hydrogen-bond donors (Lipinski definition) is 2. The lowest BCUT2D eigenvalue weighted by atomic mass is 10.1. The minimum absolute atomic E-state index is 0.242. The van der Waals surface area contributed by atoms with Crippen molar-refractivity contribution in [1.82, 2.24) is 0 Å². The Kier molecular flexibility index (Phi) is 6.75. The number of amides is 2. The van der Waals surface area contributed by atoms with E-state index in [0.717, 1.165) is 16.8 Å². The van der Waals surface area contributed by atoms with Gasteiger partial charge in [0.1, 0.15) is 5.75 Å². The van der Waals surface area contributed by atoms with Gasteiger partial charge in [-0.3, -0.25) is 9.59 Å². The first-order valence-corrected chi connectivity index (χ1v) is 9.91. The quantitative estimate of drug-likeness (QED) is 0.542. The van der Waals surface area contributed by atoms with Crippen molar-refractivity contribution in [2.24, 2.45) is 0 Å². The number of hydrogen-bond acceptors (Lipinski definition) is 3. The summed E-state index contributed by atoms with van der Waals surface area (Å²) in [6.45, 7) is 5.59. The molecule has 0 aliphatic carbocycles. The van der Waals surface area contributed by atoms with Gasteiger partial charge in [0.25, 0.3) is 11.8 Å². The van der Waals surface area contributed by atoms with E-state index in [-0.39, 0.29) is 11.8 Å². The maximum absolute atomic E-state index is 12.5. The first kappa shape index (κ1) is 21.4. The van der Waals surface area contributed by atoms with E-state index in [2.05, 4.69) is 10.6 Å². The second kappa shape index (κ2) is 9.46. The summed E-state index contributed by atoms with van der Waals surface area (Å²) in [5.41, 5.74) is 3.95. The zero-order valence-electron chi connectivity index (χ0n) is 17.0. The van der Waals surface area contributed by atoms with Gasteiger partial charge >= 0.3 is 0 Å². The van der Waals surface area contributed by atoms with Gasteiger partial charge in [0, 0.05) is 22.0 Å². The molecule has 0 aliphatic rings. The zero-order valence-corrected chi connectivity index (χ0v) is 17.8. The van der Waals surface area contributed by atoms with E-state index >= 15 is 0 Å². The Hall–Kier alpha value is -3.31. The highest BCUT2D eigenvalue weighted by Crippen LogP contribution is 2.19. The van der Waals surface area contributed by atoms with Gasteiger partial charge in [-0.25, -0.2) is 0 Å². The van der Waals surface area contributed by atoms with E-state index in [9.17, 15) is 9.59 Å². The molecule has 3 aromatic carbocycles. The molecule has 2 amide bonds. The fourth-order valence-electron chi connectivity index (χ4n) is 2.78. The van der Waals surface area contributed by atoms with Gasteiger partial charge < -0.3 is 15.4 Å². The molecule has 0 aromatic heterocycles. The van der Waals surface area contributed by atoms with Crippen LogP contribution in [0, 0.1) is 13.8 Å². The highest BCUT2D eigenvalue weighted by molar-refractivity contribution is 6.30. The molecular formula is C24H23ClN2O3. The largest absolute Gasteiger partial charge is 0.481 e. The first-order valence-electron chi connectivity index (χ1n) is 9.53. The second-order valence-corrected chi connectivity index (χ2v) is 7.49. The van der Waals surface area contributed by atoms with Gasteiger partial charge in [-0.2, -0.15) is 0 Å². The standard InChI is InChI=1S/C24H23ClN2O3/c1-15-4-5-16(2)22(14-15)27-23(28)17(3)30-21-12-6-18(7-13-21)24(29)26-20-10-8-19(25)9-11-20/h4-14,17H,1-3H3,(H,26,29)(H,27,28)/t17-/m1/s1. The highest BCUT2D eigenvalue weighted by Gasteiger charge is 2.16. The van der Waals surface area contributed by atoms with E-state index in [0.29, 0.717) is 22.0 Å². The highest BCUT2D eigenvalue weighted by atomic mass is 35.5. The molecule has 0 unspecified atom stereocenters. The molecule has 0 radical (unpaired) electrons. The van der Waals surface area contributed by atoms with E-state index < -0.39 is 6.10 Å². The number of aryl methyl sites for hydroxylation is 2. The van der Waals surface area contributed by atoms with Gasteiger partial charge in [-0.05, 0) is 86.5 Å². The Bertz CT molecular complexity index is 1050. The third kappa shape index (κ3) is 5.61.